The highest BCUT2D eigenvalue weighted by Crippen LogP contribution is 1.82. The molecule has 1 rings (SSSR count). The van der Waals surface area contributed by atoms with Crippen LogP contribution < -0.4 is 10.6 Å². The van der Waals surface area contributed by atoms with Gasteiger partial charge in [0.2, 0.25) is 0 Å². The van der Waals surface area contributed by atoms with E-state index in [1.165, 1.54) is 0 Å². The second-order valence-electron chi connectivity index (χ2n) is 1.10. The van der Waals surface area contributed by atoms with Gasteiger partial charge in [0.1, 0.15) is 0 Å². The Morgan fingerprint density at radius 3 is 2.29 bits per heavy atom. The third-order valence-corrected chi connectivity index (χ3v) is 0.845. The van der Waals surface area contributed by atoms with Crippen LogP contribution in [0.15, 0.2) is 18.2 Å². The molecule has 0 spiro atoms. The van der Waals surface area contributed by atoms with Gasteiger partial charge in [-0.15, -0.1) is 0 Å². The molecule has 3 heteroatoms. The zero-order chi connectivity index (χ0) is 5.11. The minimum atomic E-state index is 0.745. The number of rotatable bonds is 0. The summed E-state index contributed by atoms with van der Waals surface area (Å²) in [4.78, 5) is 0. The molecule has 0 saturated heterocycles. The second kappa shape index (κ2) is 1.78. The highest BCUT2D eigenvalue weighted by atomic mass is 32.1. The van der Waals surface area contributed by atoms with Gasteiger partial charge >= 0.3 is 0 Å². The van der Waals surface area contributed by atoms with Gasteiger partial charge in [-0.25, -0.2) is 0 Å². The fraction of sp³-hybridized carbons (Fsp3) is 0. The van der Waals surface area contributed by atoms with Crippen LogP contribution in [0, 0.1) is 0 Å². The van der Waals surface area contributed by atoms with Gasteiger partial charge in [0, 0.05) is 12.4 Å². The predicted octanol–water partition coefficient (Wildman–Crippen LogP) is 0.0904. The van der Waals surface area contributed by atoms with E-state index >= 15 is 0 Å². The minimum absolute atomic E-state index is 0.745. The minimum Gasteiger partial charge on any atom is -0.339 e. The van der Waals surface area contributed by atoms with Crippen molar-refractivity contribution in [1.29, 1.82) is 0 Å². The smallest absolute Gasteiger partial charge is 0.163 e. The summed E-state index contributed by atoms with van der Waals surface area (Å²) in [5.41, 5.74) is 0. The zero-order valence-electron chi connectivity index (χ0n) is 3.56. The van der Waals surface area contributed by atoms with Crippen molar-refractivity contribution in [1.82, 2.24) is 10.6 Å². The Morgan fingerprint density at radius 2 is 2.00 bits per heavy atom. The maximum Gasteiger partial charge on any atom is 0.163 e. The number of hydrogen-bond donors (Lipinski definition) is 2. The van der Waals surface area contributed by atoms with Crippen molar-refractivity contribution in [3.63, 3.8) is 0 Å². The maximum absolute atomic E-state index is 4.46. The molecule has 7 heavy (non-hydrogen) atoms. The SMILES string of the molecule is S=C=C1NC=CN1. The van der Waals surface area contributed by atoms with Crippen LogP contribution in [0.1, 0.15) is 0 Å². The molecule has 0 aromatic rings. The molecule has 2 N–H and O–H groups in total. The van der Waals surface area contributed by atoms with Gasteiger partial charge < -0.3 is 10.6 Å². The highest BCUT2D eigenvalue weighted by molar-refractivity contribution is 7.78. The monoisotopic (exact) mass is 112 g/mol. The Bertz CT molecular complexity index is 134. The Morgan fingerprint density at radius 1 is 1.43 bits per heavy atom. The standard InChI is InChI=1S/C4H4N2S/c7-3-4-5-1-2-6-4/h1-2,5-6H. The van der Waals surface area contributed by atoms with E-state index in [1.807, 2.05) is 0 Å². The van der Waals surface area contributed by atoms with Crippen molar-refractivity contribution in [2.45, 2.75) is 0 Å². The molecule has 0 saturated carbocycles. The lowest BCUT2D eigenvalue weighted by Gasteiger charge is -1.88. The fourth-order valence-corrected chi connectivity index (χ4v) is 0.468. The van der Waals surface area contributed by atoms with Gasteiger partial charge in [0.05, 0.1) is 0 Å². The van der Waals surface area contributed by atoms with Crippen LogP contribution in [-0.2, 0) is 0 Å². The summed E-state index contributed by atoms with van der Waals surface area (Å²) in [6.45, 7) is 0. The molecule has 0 unspecified atom stereocenters. The van der Waals surface area contributed by atoms with E-state index in [0.29, 0.717) is 0 Å². The zero-order valence-corrected chi connectivity index (χ0v) is 4.38. The largest absolute Gasteiger partial charge is 0.339 e. The molecule has 1 aliphatic rings. The first kappa shape index (κ1) is 4.37. The number of thiocarbonyl (C=S) groups is 1. The van der Waals surface area contributed by atoms with Crippen molar-refractivity contribution in [2.75, 3.05) is 0 Å². The van der Waals surface area contributed by atoms with Gasteiger partial charge in [-0.2, -0.15) is 0 Å². The maximum atomic E-state index is 4.46. The first-order chi connectivity index (χ1) is 3.43. The van der Waals surface area contributed by atoms with Gasteiger partial charge in [0.25, 0.3) is 0 Å². The highest BCUT2D eigenvalue weighted by Gasteiger charge is 1.91. The van der Waals surface area contributed by atoms with Crippen LogP contribution >= 0.6 is 12.2 Å². The average molecular weight is 112 g/mol. The Labute approximate surface area is 46.9 Å². The van der Waals surface area contributed by atoms with Crippen molar-refractivity contribution in [3.05, 3.63) is 18.2 Å². The van der Waals surface area contributed by atoms with Gasteiger partial charge in [-0.3, -0.25) is 0 Å². The summed E-state index contributed by atoms with van der Waals surface area (Å²) in [5, 5.41) is 8.11. The summed E-state index contributed by atoms with van der Waals surface area (Å²) in [6.07, 6.45) is 3.52. The second-order valence-corrected chi connectivity index (χ2v) is 1.30. The molecular weight excluding hydrogens is 108 g/mol. The summed E-state index contributed by atoms with van der Waals surface area (Å²) in [7, 11) is 0. The van der Waals surface area contributed by atoms with Gasteiger partial charge in [-0.05, 0) is 17.2 Å². The van der Waals surface area contributed by atoms with E-state index in [-0.39, 0.29) is 0 Å². The first-order valence-corrected chi connectivity index (χ1v) is 2.27. The molecule has 0 aromatic carbocycles. The molecule has 2 nitrogen and oxygen atoms in total. The van der Waals surface area contributed by atoms with Gasteiger partial charge in [-0.1, -0.05) is 0 Å². The van der Waals surface area contributed by atoms with E-state index in [9.17, 15) is 0 Å². The number of hydrogen-bond acceptors (Lipinski definition) is 3. The third kappa shape index (κ3) is 0.796. The van der Waals surface area contributed by atoms with Crippen LogP contribution in [0.5, 0.6) is 0 Å². The average Bonchev–Trinajstić information content (AvgIpc) is 2.14. The topological polar surface area (TPSA) is 24.1 Å². The Kier molecular flexibility index (Phi) is 1.11. The number of nitrogens with one attached hydrogen (secondary N) is 2. The molecule has 0 fully saturated rings. The molecule has 0 amide bonds. The van der Waals surface area contributed by atoms with Crippen LogP contribution in [-0.4, -0.2) is 5.02 Å². The normalized spacial score (nSPS) is 15.1. The van der Waals surface area contributed by atoms with Crippen molar-refractivity contribution < 1.29 is 0 Å². The van der Waals surface area contributed by atoms with Gasteiger partial charge in [0.15, 0.2) is 5.82 Å². The molecule has 36 valence electrons. The van der Waals surface area contributed by atoms with Crippen LogP contribution in [0.2, 0.25) is 0 Å². The van der Waals surface area contributed by atoms with E-state index in [2.05, 4.69) is 27.9 Å². The van der Waals surface area contributed by atoms with E-state index < -0.39 is 0 Å². The summed E-state index contributed by atoms with van der Waals surface area (Å²) >= 11 is 4.46. The van der Waals surface area contributed by atoms with E-state index in [1.54, 1.807) is 12.4 Å². The van der Waals surface area contributed by atoms with E-state index in [0.717, 1.165) is 5.82 Å². The molecule has 1 heterocycles. The summed E-state index contributed by atoms with van der Waals surface area (Å²) in [6, 6.07) is 0. The van der Waals surface area contributed by atoms with Crippen molar-refractivity contribution >= 4 is 17.2 Å². The Hall–Kier alpha value is -0.790. The van der Waals surface area contributed by atoms with Crippen molar-refractivity contribution in [2.24, 2.45) is 0 Å². The van der Waals surface area contributed by atoms with Crippen LogP contribution in [0.25, 0.3) is 0 Å². The molecule has 0 aromatic heterocycles. The lowest BCUT2D eigenvalue weighted by atomic mass is 10.8. The Balaban J connectivity index is 2.68. The summed E-state index contributed by atoms with van der Waals surface area (Å²) in [5.74, 6) is 0.745. The molecule has 0 aliphatic carbocycles. The quantitative estimate of drug-likeness (QED) is 0.434. The molecular formula is C4H4N2S. The molecule has 0 atom stereocenters. The first-order valence-electron chi connectivity index (χ1n) is 1.86. The third-order valence-electron chi connectivity index (χ3n) is 0.641. The van der Waals surface area contributed by atoms with Crippen LogP contribution in [0.3, 0.4) is 0 Å². The fourth-order valence-electron chi connectivity index (χ4n) is 0.351. The lowest BCUT2D eigenvalue weighted by molar-refractivity contribution is 1.02. The lowest BCUT2D eigenvalue weighted by Crippen LogP contribution is -2.08. The predicted molar refractivity (Wildman–Crippen MR) is 31.5 cm³/mol. The molecule has 0 radical (unpaired) electrons. The summed E-state index contributed by atoms with van der Waals surface area (Å²) < 4.78 is 0. The van der Waals surface area contributed by atoms with Crippen molar-refractivity contribution in [3.8, 4) is 0 Å². The molecule has 0 bridgehead atoms. The van der Waals surface area contributed by atoms with E-state index in [4.69, 9.17) is 0 Å². The van der Waals surface area contributed by atoms with Crippen LogP contribution in [0.4, 0.5) is 0 Å². The molecule has 1 aliphatic heterocycles.